The molecule has 0 radical (unpaired) electrons. The highest BCUT2D eigenvalue weighted by molar-refractivity contribution is 5.26. The Morgan fingerprint density at radius 3 is 2.95 bits per heavy atom. The minimum absolute atomic E-state index is 0.0274. The van der Waals surface area contributed by atoms with Gasteiger partial charge >= 0.3 is 0 Å². The van der Waals surface area contributed by atoms with Gasteiger partial charge in [-0.25, -0.2) is 4.39 Å². The Morgan fingerprint density at radius 2 is 2.23 bits per heavy atom. The summed E-state index contributed by atoms with van der Waals surface area (Å²) in [6.45, 7) is 5.28. The van der Waals surface area contributed by atoms with Gasteiger partial charge in [0.05, 0.1) is 12.7 Å². The Labute approximate surface area is 130 Å². The van der Waals surface area contributed by atoms with Crippen molar-refractivity contribution in [2.45, 2.75) is 19.4 Å². The Bertz CT molecular complexity index is 641. The van der Waals surface area contributed by atoms with Crippen LogP contribution >= 0.6 is 0 Å². The van der Waals surface area contributed by atoms with E-state index in [1.807, 2.05) is 30.1 Å². The summed E-state index contributed by atoms with van der Waals surface area (Å²) in [6.07, 6.45) is 2.84. The van der Waals surface area contributed by atoms with Crippen LogP contribution in [0.5, 0.6) is 0 Å². The van der Waals surface area contributed by atoms with E-state index in [0.29, 0.717) is 12.2 Å². The van der Waals surface area contributed by atoms with Gasteiger partial charge in [0, 0.05) is 45.0 Å². The first-order chi connectivity index (χ1) is 10.6. The van der Waals surface area contributed by atoms with E-state index >= 15 is 0 Å². The van der Waals surface area contributed by atoms with E-state index in [2.05, 4.69) is 16.1 Å². The molecule has 0 unspecified atom stereocenters. The quantitative estimate of drug-likeness (QED) is 0.869. The van der Waals surface area contributed by atoms with Crippen LogP contribution in [-0.4, -0.2) is 40.9 Å². The van der Waals surface area contributed by atoms with Gasteiger partial charge in [-0.2, -0.15) is 5.10 Å². The van der Waals surface area contributed by atoms with Gasteiger partial charge in [-0.1, -0.05) is 12.1 Å². The average molecular weight is 303 g/mol. The van der Waals surface area contributed by atoms with Crippen LogP contribution in [0.25, 0.3) is 0 Å². The molecule has 118 valence electrons. The van der Waals surface area contributed by atoms with Crippen LogP contribution in [0.1, 0.15) is 22.9 Å². The zero-order valence-corrected chi connectivity index (χ0v) is 13.1. The molecule has 3 rings (SSSR count). The number of morpholine rings is 1. The molecule has 2 aromatic rings. The summed E-state index contributed by atoms with van der Waals surface area (Å²) in [5, 5.41) is 4.20. The maximum absolute atomic E-state index is 13.4. The summed E-state index contributed by atoms with van der Waals surface area (Å²) >= 11 is 0. The fraction of sp³-hybridized carbons (Fsp3) is 0.471. The largest absolute Gasteiger partial charge is 0.371 e. The Hall–Kier alpha value is -1.72. The second kappa shape index (κ2) is 6.58. The fourth-order valence-electron chi connectivity index (χ4n) is 2.89. The molecule has 1 aliphatic heterocycles. The van der Waals surface area contributed by atoms with Gasteiger partial charge in [0.15, 0.2) is 0 Å². The number of benzene rings is 1. The number of rotatable bonds is 4. The van der Waals surface area contributed by atoms with E-state index < -0.39 is 0 Å². The number of hydrogen-bond acceptors (Lipinski definition) is 3. The molecule has 1 aliphatic rings. The van der Waals surface area contributed by atoms with Crippen LogP contribution in [0.4, 0.5) is 4.39 Å². The fourth-order valence-corrected chi connectivity index (χ4v) is 2.89. The Balaban J connectivity index is 1.61. The van der Waals surface area contributed by atoms with Crippen LogP contribution in [0.2, 0.25) is 0 Å². The predicted octanol–water partition coefficient (Wildman–Crippen LogP) is 2.48. The predicted molar refractivity (Wildman–Crippen MR) is 83.2 cm³/mol. The molecular weight excluding hydrogens is 281 g/mol. The van der Waals surface area contributed by atoms with Gasteiger partial charge in [-0.15, -0.1) is 0 Å². The number of hydrogen-bond donors (Lipinski definition) is 0. The third kappa shape index (κ3) is 3.36. The summed E-state index contributed by atoms with van der Waals surface area (Å²) in [6, 6.07) is 7.31. The zero-order valence-electron chi connectivity index (χ0n) is 13.1. The van der Waals surface area contributed by atoms with Gasteiger partial charge in [0.1, 0.15) is 5.82 Å². The molecule has 1 atom stereocenters. The van der Waals surface area contributed by atoms with E-state index in [9.17, 15) is 4.39 Å². The van der Waals surface area contributed by atoms with Crippen LogP contribution in [0.3, 0.4) is 0 Å². The molecule has 0 N–H and O–H groups in total. The highest BCUT2D eigenvalue weighted by atomic mass is 19.1. The second-order valence-corrected chi connectivity index (χ2v) is 5.86. The Morgan fingerprint density at radius 1 is 1.36 bits per heavy atom. The first kappa shape index (κ1) is 15.2. The number of aromatic nitrogens is 2. The van der Waals surface area contributed by atoms with E-state index in [1.165, 1.54) is 11.8 Å². The number of ether oxygens (including phenoxy) is 1. The number of aryl methyl sites for hydroxylation is 2. The maximum atomic E-state index is 13.4. The third-order valence-corrected chi connectivity index (χ3v) is 4.31. The average Bonchev–Trinajstić information content (AvgIpc) is 2.93. The minimum Gasteiger partial charge on any atom is -0.371 e. The smallest absolute Gasteiger partial charge is 0.126 e. The van der Waals surface area contributed by atoms with Crippen LogP contribution < -0.4 is 0 Å². The molecule has 1 aromatic carbocycles. The molecule has 1 saturated heterocycles. The van der Waals surface area contributed by atoms with Gasteiger partial charge < -0.3 is 4.74 Å². The van der Waals surface area contributed by atoms with Crippen molar-refractivity contribution in [1.29, 1.82) is 0 Å². The van der Waals surface area contributed by atoms with Crippen LogP contribution in [0.15, 0.2) is 30.5 Å². The molecule has 0 spiro atoms. The lowest BCUT2D eigenvalue weighted by Gasteiger charge is -2.33. The van der Waals surface area contributed by atoms with Gasteiger partial charge in [0.25, 0.3) is 0 Å². The van der Waals surface area contributed by atoms with Gasteiger partial charge in [-0.3, -0.25) is 9.58 Å². The Kier molecular flexibility index (Phi) is 4.55. The molecule has 0 amide bonds. The maximum Gasteiger partial charge on any atom is 0.126 e. The monoisotopic (exact) mass is 303 g/mol. The topological polar surface area (TPSA) is 30.3 Å². The summed E-state index contributed by atoms with van der Waals surface area (Å²) in [5.74, 6) is -0.160. The lowest BCUT2D eigenvalue weighted by atomic mass is 10.0. The second-order valence-electron chi connectivity index (χ2n) is 5.86. The van der Waals surface area contributed by atoms with Crippen molar-refractivity contribution in [3.63, 3.8) is 0 Å². The van der Waals surface area contributed by atoms with Crippen molar-refractivity contribution in [3.05, 3.63) is 53.1 Å². The first-order valence-corrected chi connectivity index (χ1v) is 7.70. The molecule has 5 heteroatoms. The van der Waals surface area contributed by atoms with Crippen molar-refractivity contribution < 1.29 is 9.13 Å². The first-order valence-electron chi connectivity index (χ1n) is 7.70. The lowest BCUT2D eigenvalue weighted by Crippen LogP contribution is -2.39. The molecule has 1 fully saturated rings. The number of nitrogens with zero attached hydrogens (tertiary/aromatic N) is 3. The molecule has 2 heterocycles. The highest BCUT2D eigenvalue weighted by Gasteiger charge is 2.22. The zero-order chi connectivity index (χ0) is 15.5. The third-order valence-electron chi connectivity index (χ3n) is 4.31. The summed E-state index contributed by atoms with van der Waals surface area (Å²) in [4.78, 5) is 2.40. The van der Waals surface area contributed by atoms with E-state index in [4.69, 9.17) is 4.74 Å². The van der Waals surface area contributed by atoms with Crippen LogP contribution in [-0.2, 0) is 18.2 Å². The lowest BCUT2D eigenvalue weighted by molar-refractivity contribution is -0.0297. The normalized spacial score (nSPS) is 19.5. The highest BCUT2D eigenvalue weighted by Crippen LogP contribution is 2.24. The number of halogens is 1. The molecule has 4 nitrogen and oxygen atoms in total. The van der Waals surface area contributed by atoms with Crippen molar-refractivity contribution in [2.24, 2.45) is 7.05 Å². The standard InChI is InChI=1S/C17H22FN3O/c1-13-11-14(3-4-16(13)18)17-12-21(9-10-22-17)8-6-15-5-7-19-20(15)2/h3-5,7,11,17H,6,8-10,12H2,1-2H3/t17-/m0/s1. The molecule has 0 aliphatic carbocycles. The van der Waals surface area contributed by atoms with E-state index in [0.717, 1.165) is 31.6 Å². The summed E-state index contributed by atoms with van der Waals surface area (Å²) < 4.78 is 21.2. The SMILES string of the molecule is Cc1cc([C@@H]2CN(CCc3ccnn3C)CCO2)ccc1F. The summed E-state index contributed by atoms with van der Waals surface area (Å²) in [5.41, 5.74) is 2.97. The molecule has 0 bridgehead atoms. The molecule has 1 aromatic heterocycles. The van der Waals surface area contributed by atoms with E-state index in [1.54, 1.807) is 6.92 Å². The van der Waals surface area contributed by atoms with Crippen LogP contribution in [0, 0.1) is 12.7 Å². The molecular formula is C17H22FN3O. The molecule has 22 heavy (non-hydrogen) atoms. The van der Waals surface area contributed by atoms with E-state index in [-0.39, 0.29) is 11.9 Å². The van der Waals surface area contributed by atoms with Crippen molar-refractivity contribution in [3.8, 4) is 0 Å². The van der Waals surface area contributed by atoms with Crippen molar-refractivity contribution in [1.82, 2.24) is 14.7 Å². The summed E-state index contributed by atoms with van der Waals surface area (Å²) in [7, 11) is 1.97. The molecule has 0 saturated carbocycles. The van der Waals surface area contributed by atoms with Gasteiger partial charge in [0.2, 0.25) is 0 Å². The minimum atomic E-state index is -0.160. The van der Waals surface area contributed by atoms with Gasteiger partial charge in [-0.05, 0) is 30.2 Å². The van der Waals surface area contributed by atoms with Crippen molar-refractivity contribution >= 4 is 0 Å². The van der Waals surface area contributed by atoms with Crippen molar-refractivity contribution in [2.75, 3.05) is 26.2 Å².